The molecule has 3 heterocycles. The molecule has 4 aliphatic rings. The molecule has 0 spiro atoms. The van der Waals surface area contributed by atoms with Gasteiger partial charge in [0.1, 0.15) is 12.1 Å². The fourth-order valence-electron chi connectivity index (χ4n) is 6.62. The Morgan fingerprint density at radius 3 is 2.48 bits per heavy atom. The lowest BCUT2D eigenvalue weighted by Crippen LogP contribution is -2.63. The van der Waals surface area contributed by atoms with Crippen molar-refractivity contribution >= 4 is 35.9 Å². The van der Waals surface area contributed by atoms with Crippen LogP contribution in [-0.4, -0.2) is 78.0 Å². The molecule has 1 aromatic rings. The molecule has 222 valence electrons. The van der Waals surface area contributed by atoms with Crippen molar-refractivity contribution in [2.45, 2.75) is 45.6 Å². The summed E-state index contributed by atoms with van der Waals surface area (Å²) in [6, 6.07) is 9.24. The summed E-state index contributed by atoms with van der Waals surface area (Å²) in [5, 5.41) is 2.47. The van der Waals surface area contributed by atoms with E-state index in [4.69, 9.17) is 14.2 Å². The topological polar surface area (TPSA) is 144 Å². The molecule has 0 radical (unpaired) electrons. The molecule has 2 saturated heterocycles. The summed E-state index contributed by atoms with van der Waals surface area (Å²) in [7, 11) is 1.22. The van der Waals surface area contributed by atoms with E-state index in [1.165, 1.54) is 16.9 Å². The first-order valence-corrected chi connectivity index (χ1v) is 14.1. The van der Waals surface area contributed by atoms with Crippen LogP contribution >= 0.6 is 0 Å². The summed E-state index contributed by atoms with van der Waals surface area (Å²) in [5.41, 5.74) is 0.469. The summed E-state index contributed by atoms with van der Waals surface area (Å²) in [6.45, 7) is 5.81. The monoisotopic (exact) mass is 578 g/mol. The summed E-state index contributed by atoms with van der Waals surface area (Å²) < 4.78 is 16.6. The third-order valence-electron chi connectivity index (χ3n) is 8.52. The maximum atomic E-state index is 13.9. The smallest absolute Gasteiger partial charge is 0.424 e. The van der Waals surface area contributed by atoms with Crippen molar-refractivity contribution in [2.24, 2.45) is 22.7 Å². The van der Waals surface area contributed by atoms with Gasteiger partial charge in [0.25, 0.3) is 0 Å². The van der Waals surface area contributed by atoms with Crippen LogP contribution in [0.2, 0.25) is 0 Å². The number of amides is 4. The fourth-order valence-corrected chi connectivity index (χ4v) is 6.62. The van der Waals surface area contributed by atoms with Gasteiger partial charge in [-0.2, -0.15) is 0 Å². The van der Waals surface area contributed by atoms with Gasteiger partial charge in [-0.3, -0.25) is 19.7 Å². The summed E-state index contributed by atoms with van der Waals surface area (Å²) in [5.74, 6) is -3.96. The Hall–Kier alpha value is -4.48. The van der Waals surface area contributed by atoms with Crippen LogP contribution in [0.25, 0.3) is 0 Å². The number of imide groups is 1. The molecule has 2 fully saturated rings. The first-order chi connectivity index (χ1) is 20.2. The molecule has 4 atom stereocenters. The Bertz CT molecular complexity index is 1410. The van der Waals surface area contributed by atoms with E-state index in [2.05, 4.69) is 10.3 Å². The molecule has 5 rings (SSSR count). The predicted molar refractivity (Wildman–Crippen MR) is 149 cm³/mol. The van der Waals surface area contributed by atoms with E-state index in [0.717, 1.165) is 5.56 Å². The maximum absolute atomic E-state index is 13.9. The number of carbonyl (C=O) groups excluding carboxylic acids is 5. The van der Waals surface area contributed by atoms with Crippen LogP contribution in [0.15, 0.2) is 58.4 Å². The lowest BCUT2D eigenvalue weighted by molar-refractivity contribution is -0.139. The standard InChI is InChI=1S/C30H34N4O8/c1-5-18-19-13-14-20-22(25(37)32-24(20)36)23(19)30(15-17-11-9-8-10-12-17)27(31-16-21(35)40-4)42-29(39)34(30)26(18)41-28(38)33(6-2)7-3/h8-13,20,22-23H,5-7,14-16H2,1-4H3,(H,32,36,37)/t20-,22-,23+,30+/m1/s1. The Labute approximate surface area is 243 Å². The second-order valence-electron chi connectivity index (χ2n) is 10.5. The minimum absolute atomic E-state index is 0.00993. The van der Waals surface area contributed by atoms with E-state index in [1.807, 2.05) is 57.2 Å². The van der Waals surface area contributed by atoms with Crippen molar-refractivity contribution < 1.29 is 38.2 Å². The van der Waals surface area contributed by atoms with Crippen molar-refractivity contribution in [3.63, 3.8) is 0 Å². The lowest BCUT2D eigenvalue weighted by Gasteiger charge is -2.50. The number of methoxy groups -OCH3 is 1. The van der Waals surface area contributed by atoms with Gasteiger partial charge >= 0.3 is 18.2 Å². The van der Waals surface area contributed by atoms with Crippen LogP contribution in [0.1, 0.15) is 39.2 Å². The van der Waals surface area contributed by atoms with Crippen LogP contribution in [0, 0.1) is 17.8 Å². The minimum Gasteiger partial charge on any atom is -0.468 e. The van der Waals surface area contributed by atoms with Crippen LogP contribution in [-0.2, 0) is 35.0 Å². The molecule has 4 amide bonds. The molecule has 1 aliphatic carbocycles. The number of aliphatic imine (C=N–C) groups is 1. The molecule has 1 aromatic carbocycles. The zero-order valence-corrected chi connectivity index (χ0v) is 24.0. The molecule has 0 unspecified atom stereocenters. The first-order valence-electron chi connectivity index (χ1n) is 14.1. The highest BCUT2D eigenvalue weighted by Crippen LogP contribution is 2.57. The first kappa shape index (κ1) is 29.0. The normalized spacial score (nSPS) is 27.1. The average molecular weight is 579 g/mol. The second kappa shape index (κ2) is 11.4. The van der Waals surface area contributed by atoms with E-state index in [0.29, 0.717) is 37.1 Å². The summed E-state index contributed by atoms with van der Waals surface area (Å²) in [6.07, 6.45) is 1.11. The Balaban J connectivity index is 1.80. The third-order valence-corrected chi connectivity index (χ3v) is 8.52. The number of hydrogen-bond acceptors (Lipinski definition) is 9. The summed E-state index contributed by atoms with van der Waals surface area (Å²) >= 11 is 0. The molecule has 0 bridgehead atoms. The highest BCUT2D eigenvalue weighted by Gasteiger charge is 2.69. The van der Waals surface area contributed by atoms with Crippen molar-refractivity contribution in [1.82, 2.24) is 15.1 Å². The van der Waals surface area contributed by atoms with Crippen LogP contribution in [0.5, 0.6) is 0 Å². The molecule has 12 heteroatoms. The van der Waals surface area contributed by atoms with E-state index < -0.39 is 53.9 Å². The highest BCUT2D eigenvalue weighted by molar-refractivity contribution is 6.09. The SMILES string of the molecule is CCC1=C(OC(=O)N(CC)CC)N2C(=O)OC(=NCC(=O)OC)[C@]2(Cc2ccccc2)[C@H]2C1=CC[C@H]1C(=O)NC(=O)[C@H]12. The Morgan fingerprint density at radius 1 is 1.12 bits per heavy atom. The van der Waals surface area contributed by atoms with E-state index >= 15 is 0 Å². The van der Waals surface area contributed by atoms with Crippen molar-refractivity contribution in [1.29, 1.82) is 0 Å². The number of cyclic esters (lactones) is 1. The molecule has 3 aliphatic heterocycles. The van der Waals surface area contributed by atoms with Crippen LogP contribution in [0.3, 0.4) is 0 Å². The number of carbonyl (C=O) groups is 5. The predicted octanol–water partition coefficient (Wildman–Crippen LogP) is 2.94. The molecule has 0 saturated carbocycles. The van der Waals surface area contributed by atoms with Gasteiger partial charge in [-0.25, -0.2) is 19.5 Å². The largest absolute Gasteiger partial charge is 0.468 e. The van der Waals surface area contributed by atoms with E-state index in [9.17, 15) is 24.0 Å². The van der Waals surface area contributed by atoms with Gasteiger partial charge in [-0.05, 0) is 37.8 Å². The molecule has 1 N–H and O–H groups in total. The number of benzene rings is 1. The number of nitrogens with one attached hydrogen (secondary N) is 1. The van der Waals surface area contributed by atoms with Gasteiger partial charge in [0.05, 0.1) is 18.9 Å². The Kier molecular flexibility index (Phi) is 7.89. The fraction of sp³-hybridized carbons (Fsp3) is 0.467. The number of nitrogens with zero attached hydrogens (tertiary/aromatic N) is 3. The van der Waals surface area contributed by atoms with Gasteiger partial charge in [0, 0.05) is 31.0 Å². The van der Waals surface area contributed by atoms with Crippen molar-refractivity contribution in [2.75, 3.05) is 26.7 Å². The number of fused-ring (bicyclic) bond motifs is 5. The molecule has 12 nitrogen and oxygen atoms in total. The van der Waals surface area contributed by atoms with E-state index in [-0.39, 0.29) is 24.1 Å². The zero-order valence-electron chi connectivity index (χ0n) is 24.0. The van der Waals surface area contributed by atoms with Gasteiger partial charge in [0.15, 0.2) is 0 Å². The van der Waals surface area contributed by atoms with Gasteiger partial charge in [-0.1, -0.05) is 43.3 Å². The molecule has 42 heavy (non-hydrogen) atoms. The maximum Gasteiger partial charge on any atom is 0.424 e. The minimum atomic E-state index is -1.54. The molecular formula is C30H34N4O8. The number of hydrogen-bond donors (Lipinski definition) is 1. The number of allylic oxidation sites excluding steroid dienone is 2. The second-order valence-corrected chi connectivity index (χ2v) is 10.5. The molecule has 0 aromatic heterocycles. The number of esters is 1. The summed E-state index contributed by atoms with van der Waals surface area (Å²) in [4.78, 5) is 72.9. The molecular weight excluding hydrogens is 544 g/mol. The Morgan fingerprint density at radius 2 is 1.83 bits per heavy atom. The average Bonchev–Trinajstić information content (AvgIpc) is 3.44. The van der Waals surface area contributed by atoms with Crippen LogP contribution < -0.4 is 5.32 Å². The highest BCUT2D eigenvalue weighted by atomic mass is 16.6. The lowest BCUT2D eigenvalue weighted by atomic mass is 9.59. The number of ether oxygens (including phenoxy) is 3. The van der Waals surface area contributed by atoms with Crippen LogP contribution in [0.4, 0.5) is 9.59 Å². The van der Waals surface area contributed by atoms with E-state index in [1.54, 1.807) is 0 Å². The van der Waals surface area contributed by atoms with Crippen molar-refractivity contribution in [3.8, 4) is 0 Å². The van der Waals surface area contributed by atoms with Crippen molar-refractivity contribution in [3.05, 3.63) is 59.0 Å². The quantitative estimate of drug-likeness (QED) is 0.282. The third kappa shape index (κ3) is 4.54. The van der Waals surface area contributed by atoms with Gasteiger partial charge in [-0.15, -0.1) is 0 Å². The number of rotatable bonds is 8. The van der Waals surface area contributed by atoms with Gasteiger partial charge < -0.3 is 19.1 Å². The zero-order chi connectivity index (χ0) is 30.2. The van der Waals surface area contributed by atoms with Gasteiger partial charge in [0.2, 0.25) is 23.6 Å².